The molecule has 1 aromatic heterocycles. The number of para-hydroxylation sites is 2. The van der Waals surface area contributed by atoms with E-state index in [0.717, 1.165) is 0 Å². The minimum absolute atomic E-state index is 0.104. The lowest BCUT2D eigenvalue weighted by molar-refractivity contribution is -0.123. The van der Waals surface area contributed by atoms with Crippen molar-refractivity contribution in [3.05, 3.63) is 70.3 Å². The summed E-state index contributed by atoms with van der Waals surface area (Å²) in [6.45, 7) is 0.0465. The Morgan fingerprint density at radius 1 is 1.10 bits per heavy atom. The maximum Gasteiger partial charge on any atom is 0.265 e. The molecule has 1 N–H and O–H groups in total. The Morgan fingerprint density at radius 2 is 1.86 bits per heavy atom. The summed E-state index contributed by atoms with van der Waals surface area (Å²) in [7, 11) is 0. The highest BCUT2D eigenvalue weighted by atomic mass is 35.5. The minimum atomic E-state index is -0.359. The zero-order valence-electron chi connectivity index (χ0n) is 15.1. The first-order valence-corrected chi connectivity index (χ1v) is 9.55. The van der Waals surface area contributed by atoms with Crippen LogP contribution in [0.1, 0.15) is 5.56 Å². The average Bonchev–Trinajstić information content (AvgIpc) is 3.13. The molecule has 29 heavy (non-hydrogen) atoms. The van der Waals surface area contributed by atoms with Gasteiger partial charge >= 0.3 is 0 Å². The molecule has 0 aliphatic carbocycles. The molecule has 0 spiro atoms. The number of carbonyl (C=O) groups is 2. The van der Waals surface area contributed by atoms with E-state index in [1.165, 1.54) is 4.90 Å². The molecule has 148 valence electrons. The predicted molar refractivity (Wildman–Crippen MR) is 111 cm³/mol. The third-order valence-corrected chi connectivity index (χ3v) is 5.17. The Morgan fingerprint density at radius 3 is 2.66 bits per heavy atom. The van der Waals surface area contributed by atoms with Crippen LogP contribution in [0.4, 0.5) is 11.5 Å². The van der Waals surface area contributed by atoms with Gasteiger partial charge in [0.25, 0.3) is 5.91 Å². The smallest absolute Gasteiger partial charge is 0.265 e. The first-order chi connectivity index (χ1) is 14.0. The Labute approximate surface area is 176 Å². The fourth-order valence-corrected chi connectivity index (χ4v) is 3.57. The molecule has 4 rings (SSSR count). The number of anilines is 2. The molecular formula is C20H16Cl2N4O3. The molecule has 0 unspecified atom stereocenters. The van der Waals surface area contributed by atoms with Gasteiger partial charge in [-0.3, -0.25) is 14.5 Å². The van der Waals surface area contributed by atoms with Crippen LogP contribution < -0.4 is 15.0 Å². The van der Waals surface area contributed by atoms with Gasteiger partial charge in [-0.15, -0.1) is 0 Å². The van der Waals surface area contributed by atoms with Gasteiger partial charge in [0.15, 0.2) is 6.61 Å². The number of amides is 2. The summed E-state index contributed by atoms with van der Waals surface area (Å²) in [5, 5.41) is 8.05. The number of nitrogens with zero attached hydrogens (tertiary/aromatic N) is 3. The lowest BCUT2D eigenvalue weighted by atomic mass is 10.2. The van der Waals surface area contributed by atoms with Gasteiger partial charge in [0.05, 0.1) is 18.4 Å². The highest BCUT2D eigenvalue weighted by molar-refractivity contribution is 6.36. The van der Waals surface area contributed by atoms with Crippen molar-refractivity contribution in [3.8, 4) is 5.75 Å². The first-order valence-electron chi connectivity index (χ1n) is 8.79. The molecule has 2 aromatic carbocycles. The van der Waals surface area contributed by atoms with Gasteiger partial charge in [-0.05, 0) is 24.3 Å². The molecule has 2 heterocycles. The van der Waals surface area contributed by atoms with Gasteiger partial charge in [0, 0.05) is 21.7 Å². The largest absolute Gasteiger partial charge is 0.482 e. The van der Waals surface area contributed by atoms with Crippen LogP contribution in [0, 0.1) is 0 Å². The van der Waals surface area contributed by atoms with Gasteiger partial charge in [-0.2, -0.15) is 5.10 Å². The fourth-order valence-electron chi connectivity index (χ4n) is 3.05. The maximum absolute atomic E-state index is 12.6. The summed E-state index contributed by atoms with van der Waals surface area (Å²) < 4.78 is 6.98. The highest BCUT2D eigenvalue weighted by Gasteiger charge is 2.27. The van der Waals surface area contributed by atoms with Crippen LogP contribution in [0.2, 0.25) is 10.0 Å². The third-order valence-electron chi connectivity index (χ3n) is 4.46. The van der Waals surface area contributed by atoms with E-state index >= 15 is 0 Å². The van der Waals surface area contributed by atoms with E-state index < -0.39 is 0 Å². The van der Waals surface area contributed by atoms with Gasteiger partial charge in [-0.1, -0.05) is 41.4 Å². The van der Waals surface area contributed by atoms with E-state index in [9.17, 15) is 9.59 Å². The number of ether oxygens (including phenoxy) is 1. The predicted octanol–water partition coefficient (Wildman–Crippen LogP) is 3.60. The molecule has 1 aliphatic rings. The SMILES string of the molecule is O=C(CN1C(=O)COc2ccccc21)Nc1ccnn1Cc1c(Cl)cccc1Cl. The maximum atomic E-state index is 12.6. The number of benzene rings is 2. The summed E-state index contributed by atoms with van der Waals surface area (Å²) in [4.78, 5) is 26.3. The van der Waals surface area contributed by atoms with Crippen molar-refractivity contribution >= 4 is 46.5 Å². The lowest BCUT2D eigenvalue weighted by Crippen LogP contribution is -2.43. The quantitative estimate of drug-likeness (QED) is 0.670. The van der Waals surface area contributed by atoms with Crippen molar-refractivity contribution in [3.63, 3.8) is 0 Å². The molecule has 9 heteroatoms. The lowest BCUT2D eigenvalue weighted by Gasteiger charge is -2.28. The van der Waals surface area contributed by atoms with Gasteiger partial charge < -0.3 is 10.1 Å². The van der Waals surface area contributed by atoms with E-state index in [4.69, 9.17) is 27.9 Å². The van der Waals surface area contributed by atoms with E-state index in [1.807, 2.05) is 6.07 Å². The van der Waals surface area contributed by atoms with Crippen molar-refractivity contribution < 1.29 is 14.3 Å². The normalized spacial score (nSPS) is 13.0. The van der Waals surface area contributed by atoms with E-state index in [0.29, 0.717) is 39.4 Å². The minimum Gasteiger partial charge on any atom is -0.482 e. The topological polar surface area (TPSA) is 76.5 Å². The van der Waals surface area contributed by atoms with Gasteiger partial charge in [0.1, 0.15) is 18.1 Å². The van der Waals surface area contributed by atoms with E-state index in [1.54, 1.807) is 53.3 Å². The standard InChI is InChI=1S/C20H16Cl2N4O3/c21-14-4-3-5-15(22)13(14)10-26-18(8-9-23-26)24-19(27)11-25-16-6-1-2-7-17(16)29-12-20(25)28/h1-9H,10-12H2,(H,24,27). The number of fused-ring (bicyclic) bond motifs is 1. The molecule has 2 amide bonds. The Kier molecular flexibility index (Phi) is 5.42. The second-order valence-corrected chi connectivity index (χ2v) is 7.17. The molecule has 0 radical (unpaired) electrons. The molecule has 0 atom stereocenters. The van der Waals surface area contributed by atoms with Crippen molar-refractivity contribution in [2.24, 2.45) is 0 Å². The zero-order chi connectivity index (χ0) is 20.4. The monoisotopic (exact) mass is 430 g/mol. The highest BCUT2D eigenvalue weighted by Crippen LogP contribution is 2.31. The fraction of sp³-hybridized carbons (Fsp3) is 0.150. The number of hydrogen-bond acceptors (Lipinski definition) is 4. The van der Waals surface area contributed by atoms with Crippen molar-refractivity contribution in [1.29, 1.82) is 0 Å². The summed E-state index contributed by atoms with van der Waals surface area (Å²) in [6, 6.07) is 14.0. The Balaban J connectivity index is 1.49. The number of halogens is 2. The van der Waals surface area contributed by atoms with Crippen molar-refractivity contribution in [1.82, 2.24) is 9.78 Å². The summed E-state index contributed by atoms with van der Waals surface area (Å²) >= 11 is 12.5. The van der Waals surface area contributed by atoms with Crippen molar-refractivity contribution in [2.75, 3.05) is 23.4 Å². The second-order valence-electron chi connectivity index (χ2n) is 6.36. The molecule has 1 aliphatic heterocycles. The van der Waals surface area contributed by atoms with Crippen molar-refractivity contribution in [2.45, 2.75) is 6.54 Å². The van der Waals surface area contributed by atoms with Crippen LogP contribution in [-0.2, 0) is 16.1 Å². The second kappa shape index (κ2) is 8.14. The molecule has 0 fully saturated rings. The zero-order valence-corrected chi connectivity index (χ0v) is 16.7. The van der Waals surface area contributed by atoms with E-state index in [-0.39, 0.29) is 25.0 Å². The average molecular weight is 431 g/mol. The molecule has 7 nitrogen and oxygen atoms in total. The summed E-state index contributed by atoms with van der Waals surface area (Å²) in [5.41, 5.74) is 1.27. The molecule has 0 saturated heterocycles. The molecule has 3 aromatic rings. The number of aromatic nitrogens is 2. The molecule has 0 bridgehead atoms. The van der Waals surface area contributed by atoms with Crippen LogP contribution in [0.3, 0.4) is 0 Å². The molecule has 0 saturated carbocycles. The summed E-state index contributed by atoms with van der Waals surface area (Å²) in [5.74, 6) is 0.399. The Hall–Kier alpha value is -3.03. The van der Waals surface area contributed by atoms with Gasteiger partial charge in [-0.25, -0.2) is 4.68 Å². The van der Waals surface area contributed by atoms with Crippen LogP contribution in [0.5, 0.6) is 5.75 Å². The Bertz CT molecular complexity index is 1060. The van der Waals surface area contributed by atoms with Gasteiger partial charge in [0.2, 0.25) is 5.91 Å². The van der Waals surface area contributed by atoms with Crippen LogP contribution >= 0.6 is 23.2 Å². The number of carbonyl (C=O) groups excluding carboxylic acids is 2. The van der Waals surface area contributed by atoms with Crippen LogP contribution in [-0.4, -0.2) is 34.7 Å². The molecular weight excluding hydrogens is 415 g/mol. The number of rotatable bonds is 5. The number of nitrogens with one attached hydrogen (secondary N) is 1. The summed E-state index contributed by atoms with van der Waals surface area (Å²) in [6.07, 6.45) is 1.57. The van der Waals surface area contributed by atoms with Crippen LogP contribution in [0.25, 0.3) is 0 Å². The van der Waals surface area contributed by atoms with E-state index in [2.05, 4.69) is 10.4 Å². The van der Waals surface area contributed by atoms with Crippen LogP contribution in [0.15, 0.2) is 54.7 Å². The first kappa shape index (κ1) is 19.3. The number of hydrogen-bond donors (Lipinski definition) is 1. The third kappa shape index (κ3) is 4.06.